The molecule has 1 aromatic heterocycles. The van der Waals surface area contributed by atoms with E-state index in [1.807, 2.05) is 14.0 Å². The first-order valence-corrected chi connectivity index (χ1v) is 3.70. The van der Waals surface area contributed by atoms with Gasteiger partial charge in [-0.2, -0.15) is 0 Å². The van der Waals surface area contributed by atoms with Gasteiger partial charge in [-0.3, -0.25) is 0 Å². The summed E-state index contributed by atoms with van der Waals surface area (Å²) in [6.07, 6.45) is 0. The lowest BCUT2D eigenvalue weighted by atomic mass is 10.3. The first-order valence-electron chi connectivity index (χ1n) is 3.70. The van der Waals surface area contributed by atoms with Gasteiger partial charge in [-0.05, 0) is 6.92 Å². The zero-order chi connectivity index (χ0) is 7.84. The third-order valence-electron chi connectivity index (χ3n) is 1.95. The van der Waals surface area contributed by atoms with Crippen LogP contribution in [0.4, 0.5) is 11.5 Å². The van der Waals surface area contributed by atoms with Crippen molar-refractivity contribution in [3.8, 4) is 0 Å². The van der Waals surface area contributed by atoms with Gasteiger partial charge in [0.05, 0.1) is 0 Å². The van der Waals surface area contributed by atoms with Gasteiger partial charge in [-0.25, -0.2) is 0 Å². The number of nitrogens with zero attached hydrogens (tertiary/aromatic N) is 2. The number of likely N-dealkylation sites (N-methyl/N-ethyl adjacent to an activating group) is 1. The number of rotatable bonds is 0. The predicted octanol–water partition coefficient (Wildman–Crippen LogP) is 0.845. The van der Waals surface area contributed by atoms with E-state index < -0.39 is 0 Å². The van der Waals surface area contributed by atoms with Gasteiger partial charge in [0.2, 0.25) is 0 Å². The molecule has 0 radical (unpaired) electrons. The lowest BCUT2D eigenvalue weighted by molar-refractivity contribution is 0.400. The molecule has 0 bridgehead atoms. The van der Waals surface area contributed by atoms with E-state index in [4.69, 9.17) is 4.52 Å². The molecule has 0 saturated heterocycles. The molecule has 0 amide bonds. The van der Waals surface area contributed by atoms with Gasteiger partial charge in [-0.1, -0.05) is 5.16 Å². The van der Waals surface area contributed by atoms with E-state index in [2.05, 4.69) is 15.4 Å². The standard InChI is InChI=1S/C7H11N3O/c1-5-6-7(9-11-5)8-3-4-10(6)2/h3-4H2,1-2H3,(H,8,9). The molecule has 60 valence electrons. The second-order valence-corrected chi connectivity index (χ2v) is 2.78. The van der Waals surface area contributed by atoms with Crippen LogP contribution in [0.3, 0.4) is 0 Å². The number of anilines is 2. The van der Waals surface area contributed by atoms with Gasteiger partial charge in [0.25, 0.3) is 0 Å². The fourth-order valence-electron chi connectivity index (χ4n) is 1.39. The van der Waals surface area contributed by atoms with E-state index in [1.165, 1.54) is 0 Å². The average Bonchev–Trinajstić information content (AvgIpc) is 2.34. The smallest absolute Gasteiger partial charge is 0.193 e. The van der Waals surface area contributed by atoms with Crippen LogP contribution >= 0.6 is 0 Å². The van der Waals surface area contributed by atoms with Crippen LogP contribution in [0.15, 0.2) is 4.52 Å². The Morgan fingerprint density at radius 2 is 2.45 bits per heavy atom. The van der Waals surface area contributed by atoms with Crippen molar-refractivity contribution in [3.05, 3.63) is 5.76 Å². The molecule has 0 aromatic carbocycles. The summed E-state index contributed by atoms with van der Waals surface area (Å²) in [7, 11) is 2.05. The highest BCUT2D eigenvalue weighted by Gasteiger charge is 2.19. The zero-order valence-corrected chi connectivity index (χ0v) is 6.72. The SMILES string of the molecule is Cc1onc2c1N(C)CCN2. The maximum Gasteiger partial charge on any atom is 0.193 e. The highest BCUT2D eigenvalue weighted by atomic mass is 16.5. The monoisotopic (exact) mass is 153 g/mol. The van der Waals surface area contributed by atoms with Crippen LogP contribution in [0.1, 0.15) is 5.76 Å². The van der Waals surface area contributed by atoms with E-state index >= 15 is 0 Å². The molecule has 11 heavy (non-hydrogen) atoms. The number of hydrogen-bond acceptors (Lipinski definition) is 4. The minimum absolute atomic E-state index is 0.872. The molecule has 0 aliphatic carbocycles. The summed E-state index contributed by atoms with van der Waals surface area (Å²) in [5.74, 6) is 1.76. The summed E-state index contributed by atoms with van der Waals surface area (Å²) in [6.45, 7) is 3.87. The quantitative estimate of drug-likeness (QED) is 0.599. The lowest BCUT2D eigenvalue weighted by Gasteiger charge is -2.23. The van der Waals surface area contributed by atoms with Crippen LogP contribution in [-0.2, 0) is 0 Å². The van der Waals surface area contributed by atoms with Gasteiger partial charge in [0.15, 0.2) is 11.6 Å². The Balaban J connectivity index is 2.48. The van der Waals surface area contributed by atoms with Gasteiger partial charge in [0.1, 0.15) is 5.69 Å². The number of hydrogen-bond donors (Lipinski definition) is 1. The Hall–Kier alpha value is -1.19. The summed E-state index contributed by atoms with van der Waals surface area (Å²) < 4.78 is 5.03. The zero-order valence-electron chi connectivity index (χ0n) is 6.72. The number of aromatic nitrogens is 1. The van der Waals surface area contributed by atoms with Crippen LogP contribution in [0.5, 0.6) is 0 Å². The van der Waals surface area contributed by atoms with Gasteiger partial charge in [-0.15, -0.1) is 0 Å². The lowest BCUT2D eigenvalue weighted by Crippen LogP contribution is -2.30. The van der Waals surface area contributed by atoms with Crippen LogP contribution in [-0.4, -0.2) is 25.3 Å². The Bertz CT molecular complexity index is 269. The van der Waals surface area contributed by atoms with Crippen LogP contribution in [0.2, 0.25) is 0 Å². The van der Waals surface area contributed by atoms with Gasteiger partial charge >= 0.3 is 0 Å². The normalized spacial score (nSPS) is 16.0. The minimum atomic E-state index is 0.872. The molecule has 0 spiro atoms. The topological polar surface area (TPSA) is 41.3 Å². The average molecular weight is 153 g/mol. The van der Waals surface area contributed by atoms with Crippen molar-refractivity contribution in [2.45, 2.75) is 6.92 Å². The molecular formula is C7H11N3O. The maximum absolute atomic E-state index is 5.03. The van der Waals surface area contributed by atoms with Gasteiger partial charge < -0.3 is 14.7 Å². The molecule has 1 aliphatic heterocycles. The van der Waals surface area contributed by atoms with Gasteiger partial charge in [0, 0.05) is 20.1 Å². The van der Waals surface area contributed by atoms with Crippen molar-refractivity contribution in [2.75, 3.05) is 30.4 Å². The molecule has 0 fully saturated rings. The minimum Gasteiger partial charge on any atom is -0.367 e. The first kappa shape index (κ1) is 6.52. The molecule has 0 atom stereocenters. The Morgan fingerprint density at radius 3 is 3.18 bits per heavy atom. The van der Waals surface area contributed by atoms with E-state index in [-0.39, 0.29) is 0 Å². The maximum atomic E-state index is 5.03. The molecule has 0 unspecified atom stereocenters. The first-order chi connectivity index (χ1) is 5.29. The number of fused-ring (bicyclic) bond motifs is 1. The van der Waals surface area contributed by atoms with Crippen LogP contribution in [0.25, 0.3) is 0 Å². The Labute approximate surface area is 65.2 Å². The molecule has 0 saturated carbocycles. The second kappa shape index (κ2) is 2.15. The Kier molecular flexibility index (Phi) is 1.27. The number of aryl methyl sites for hydroxylation is 1. The van der Waals surface area contributed by atoms with Crippen molar-refractivity contribution in [1.29, 1.82) is 0 Å². The Morgan fingerprint density at radius 1 is 1.64 bits per heavy atom. The molecule has 1 aromatic rings. The molecule has 2 heterocycles. The molecule has 2 rings (SSSR count). The van der Waals surface area contributed by atoms with Crippen LogP contribution < -0.4 is 10.2 Å². The second-order valence-electron chi connectivity index (χ2n) is 2.78. The summed E-state index contributed by atoms with van der Waals surface area (Å²) in [6, 6.07) is 0. The molecule has 1 aliphatic rings. The third-order valence-corrected chi connectivity index (χ3v) is 1.95. The molecule has 1 N–H and O–H groups in total. The van der Waals surface area contributed by atoms with Crippen LogP contribution in [0, 0.1) is 6.92 Å². The molecule has 4 nitrogen and oxygen atoms in total. The van der Waals surface area contributed by atoms with Crippen molar-refractivity contribution >= 4 is 11.5 Å². The fraction of sp³-hybridized carbons (Fsp3) is 0.571. The van der Waals surface area contributed by atoms with E-state index in [0.717, 1.165) is 30.4 Å². The number of nitrogens with one attached hydrogen (secondary N) is 1. The summed E-state index contributed by atoms with van der Waals surface area (Å²) >= 11 is 0. The van der Waals surface area contributed by atoms with Crippen molar-refractivity contribution in [2.24, 2.45) is 0 Å². The van der Waals surface area contributed by atoms with E-state index in [1.54, 1.807) is 0 Å². The summed E-state index contributed by atoms with van der Waals surface area (Å²) in [5.41, 5.74) is 1.09. The third kappa shape index (κ3) is 0.859. The van der Waals surface area contributed by atoms with E-state index in [9.17, 15) is 0 Å². The van der Waals surface area contributed by atoms with Crippen molar-refractivity contribution < 1.29 is 4.52 Å². The largest absolute Gasteiger partial charge is 0.367 e. The molecular weight excluding hydrogens is 142 g/mol. The predicted molar refractivity (Wildman–Crippen MR) is 43.0 cm³/mol. The fourth-order valence-corrected chi connectivity index (χ4v) is 1.39. The van der Waals surface area contributed by atoms with Crippen molar-refractivity contribution in [1.82, 2.24) is 5.16 Å². The van der Waals surface area contributed by atoms with Crippen molar-refractivity contribution in [3.63, 3.8) is 0 Å². The highest BCUT2D eigenvalue weighted by molar-refractivity contribution is 5.69. The molecule has 4 heteroatoms. The summed E-state index contributed by atoms with van der Waals surface area (Å²) in [5, 5.41) is 7.05. The van der Waals surface area contributed by atoms with E-state index in [0.29, 0.717) is 0 Å². The highest BCUT2D eigenvalue weighted by Crippen LogP contribution is 2.29. The summed E-state index contributed by atoms with van der Waals surface area (Å²) in [4.78, 5) is 2.15.